The van der Waals surface area contributed by atoms with Gasteiger partial charge in [0.2, 0.25) is 0 Å². The van der Waals surface area contributed by atoms with Crippen molar-refractivity contribution in [3.63, 3.8) is 0 Å². The number of nitrogens with one attached hydrogen (secondary N) is 1. The number of carboxylic acids is 1. The van der Waals surface area contributed by atoms with E-state index in [1.165, 1.54) is 0 Å². The van der Waals surface area contributed by atoms with Crippen molar-refractivity contribution >= 4 is 17.3 Å². The molecule has 2 N–H and O–H groups in total. The van der Waals surface area contributed by atoms with E-state index in [-0.39, 0.29) is 12.2 Å². The Bertz CT molecular complexity index is 713. The van der Waals surface area contributed by atoms with Crippen LogP contribution < -0.4 is 5.32 Å². The van der Waals surface area contributed by atoms with Crippen molar-refractivity contribution in [1.29, 1.82) is 0 Å². The molecule has 0 aliphatic heterocycles. The molecule has 0 amide bonds. The van der Waals surface area contributed by atoms with Crippen LogP contribution in [0.3, 0.4) is 0 Å². The lowest BCUT2D eigenvalue weighted by molar-refractivity contribution is -0.384. The largest absolute Gasteiger partial charge is 0.478 e. The third kappa shape index (κ3) is 3.14. The number of carboxylic acid groups (broad SMARTS) is 1. The molecule has 9 heteroatoms. The van der Waals surface area contributed by atoms with Crippen LogP contribution in [0.15, 0.2) is 24.5 Å². The molecule has 0 saturated heterocycles. The number of carbonyl (C=O) groups is 1. The number of nitrogens with zero attached hydrogens (tertiary/aromatic N) is 3. The Kier molecular flexibility index (Phi) is 3.83. The number of benzene rings is 1. The molecule has 21 heavy (non-hydrogen) atoms. The summed E-state index contributed by atoms with van der Waals surface area (Å²) < 4.78 is 15.2. The van der Waals surface area contributed by atoms with Crippen LogP contribution in [0.1, 0.15) is 15.9 Å². The monoisotopic (exact) mass is 294 g/mol. The van der Waals surface area contributed by atoms with Crippen LogP contribution in [0.2, 0.25) is 0 Å². The molecule has 0 bridgehead atoms. The van der Waals surface area contributed by atoms with Gasteiger partial charge in [0.15, 0.2) is 0 Å². The number of aromatic carboxylic acids is 1. The zero-order valence-corrected chi connectivity index (χ0v) is 10.9. The van der Waals surface area contributed by atoms with Gasteiger partial charge in [-0.1, -0.05) is 0 Å². The molecule has 2 aromatic rings. The predicted octanol–water partition coefficient (Wildman–Crippen LogP) is 1.78. The number of rotatable bonds is 5. The van der Waals surface area contributed by atoms with E-state index in [2.05, 4.69) is 10.4 Å². The van der Waals surface area contributed by atoms with Gasteiger partial charge in [0, 0.05) is 37.5 Å². The number of aryl methyl sites for hydroxylation is 1. The average molecular weight is 294 g/mol. The molecule has 8 nitrogen and oxygen atoms in total. The van der Waals surface area contributed by atoms with E-state index in [0.717, 1.165) is 11.6 Å². The molecule has 0 spiro atoms. The van der Waals surface area contributed by atoms with Crippen molar-refractivity contribution in [3.8, 4) is 0 Å². The van der Waals surface area contributed by atoms with Crippen molar-refractivity contribution in [1.82, 2.24) is 9.78 Å². The van der Waals surface area contributed by atoms with E-state index in [0.29, 0.717) is 6.07 Å². The first-order valence-electron chi connectivity index (χ1n) is 5.81. The summed E-state index contributed by atoms with van der Waals surface area (Å²) in [4.78, 5) is 21.0. The smallest absolute Gasteiger partial charge is 0.338 e. The lowest BCUT2D eigenvalue weighted by Gasteiger charge is -2.07. The Hall–Kier alpha value is -2.97. The molecule has 1 heterocycles. The standard InChI is InChI=1S/C12H11FN4O4/c1-16-6-7(5-15-16)4-14-10-3-9(13)8(12(18)19)2-11(10)17(20)21/h2-3,5-6,14H,4H2,1H3,(H,18,19). The number of nitro benzene ring substituents is 1. The van der Waals surface area contributed by atoms with Crippen LogP contribution in [-0.4, -0.2) is 25.8 Å². The van der Waals surface area contributed by atoms with Crippen LogP contribution >= 0.6 is 0 Å². The Labute approximate surface area is 118 Å². The van der Waals surface area contributed by atoms with Crippen LogP contribution in [-0.2, 0) is 13.6 Å². The maximum Gasteiger partial charge on any atom is 0.338 e. The van der Waals surface area contributed by atoms with E-state index in [9.17, 15) is 19.3 Å². The topological polar surface area (TPSA) is 110 Å². The fourth-order valence-electron chi connectivity index (χ4n) is 1.78. The van der Waals surface area contributed by atoms with Gasteiger partial charge < -0.3 is 10.4 Å². The van der Waals surface area contributed by atoms with Crippen LogP contribution in [0, 0.1) is 15.9 Å². The van der Waals surface area contributed by atoms with Crippen LogP contribution in [0.5, 0.6) is 0 Å². The minimum absolute atomic E-state index is 0.0913. The highest BCUT2D eigenvalue weighted by atomic mass is 19.1. The number of hydrogen-bond donors (Lipinski definition) is 2. The molecular formula is C12H11FN4O4. The third-order valence-corrected chi connectivity index (χ3v) is 2.75. The van der Waals surface area contributed by atoms with Crippen molar-refractivity contribution in [3.05, 3.63) is 51.6 Å². The molecule has 0 radical (unpaired) electrons. The third-order valence-electron chi connectivity index (χ3n) is 2.75. The summed E-state index contributed by atoms with van der Waals surface area (Å²) >= 11 is 0. The zero-order chi connectivity index (χ0) is 15.6. The Morgan fingerprint density at radius 1 is 1.57 bits per heavy atom. The first-order chi connectivity index (χ1) is 9.88. The molecule has 1 aromatic heterocycles. The summed E-state index contributed by atoms with van der Waals surface area (Å²) in [5, 5.41) is 26.4. The molecule has 1 aromatic carbocycles. The van der Waals surface area contributed by atoms with Crippen molar-refractivity contribution in [2.75, 3.05) is 5.32 Å². The van der Waals surface area contributed by atoms with Gasteiger partial charge in [0.25, 0.3) is 5.69 Å². The summed E-state index contributed by atoms with van der Waals surface area (Å²) in [5.41, 5.74) is -0.591. The normalized spacial score (nSPS) is 10.4. The number of hydrogen-bond acceptors (Lipinski definition) is 5. The SMILES string of the molecule is Cn1cc(CNc2cc(F)c(C(=O)O)cc2[N+](=O)[O-])cn1. The summed E-state index contributed by atoms with van der Waals surface area (Å²) in [6.07, 6.45) is 3.25. The van der Waals surface area contributed by atoms with Crippen LogP contribution in [0.25, 0.3) is 0 Å². The molecule has 0 aliphatic carbocycles. The van der Waals surface area contributed by atoms with Crippen molar-refractivity contribution in [2.45, 2.75) is 6.54 Å². The number of nitro groups is 1. The lowest BCUT2D eigenvalue weighted by atomic mass is 10.1. The van der Waals surface area contributed by atoms with Gasteiger partial charge in [-0.05, 0) is 0 Å². The van der Waals surface area contributed by atoms with E-state index >= 15 is 0 Å². The highest BCUT2D eigenvalue weighted by Crippen LogP contribution is 2.28. The first-order valence-corrected chi connectivity index (χ1v) is 5.81. The molecule has 0 aliphatic rings. The molecule has 110 valence electrons. The lowest BCUT2D eigenvalue weighted by Crippen LogP contribution is -2.07. The summed E-state index contributed by atoms with van der Waals surface area (Å²) in [6, 6.07) is 1.50. The van der Waals surface area contributed by atoms with Gasteiger partial charge in [-0.15, -0.1) is 0 Å². The van der Waals surface area contributed by atoms with E-state index in [4.69, 9.17) is 5.11 Å². The highest BCUT2D eigenvalue weighted by Gasteiger charge is 2.21. The summed E-state index contributed by atoms with van der Waals surface area (Å²) in [5.74, 6) is -2.60. The number of aromatic nitrogens is 2. The van der Waals surface area contributed by atoms with Crippen molar-refractivity contribution in [2.24, 2.45) is 7.05 Å². The molecule has 0 fully saturated rings. The van der Waals surface area contributed by atoms with E-state index in [1.54, 1.807) is 24.1 Å². The molecule has 2 rings (SSSR count). The van der Waals surface area contributed by atoms with Gasteiger partial charge in [0.1, 0.15) is 17.1 Å². The number of halogens is 1. The quantitative estimate of drug-likeness (QED) is 0.642. The van der Waals surface area contributed by atoms with E-state index in [1.807, 2.05) is 0 Å². The zero-order valence-electron chi connectivity index (χ0n) is 10.9. The summed E-state index contributed by atoms with van der Waals surface area (Å²) in [7, 11) is 1.72. The maximum absolute atomic E-state index is 13.6. The van der Waals surface area contributed by atoms with E-state index < -0.39 is 28.0 Å². The Morgan fingerprint density at radius 3 is 2.81 bits per heavy atom. The number of anilines is 1. The fourth-order valence-corrected chi connectivity index (χ4v) is 1.78. The second kappa shape index (κ2) is 5.57. The molecule has 0 saturated carbocycles. The molecule has 0 atom stereocenters. The molecular weight excluding hydrogens is 283 g/mol. The minimum atomic E-state index is -1.56. The highest BCUT2D eigenvalue weighted by molar-refractivity contribution is 5.90. The average Bonchev–Trinajstić information content (AvgIpc) is 2.81. The fraction of sp³-hybridized carbons (Fsp3) is 0.167. The first kappa shape index (κ1) is 14.4. The van der Waals surface area contributed by atoms with Gasteiger partial charge in [0.05, 0.1) is 11.1 Å². The minimum Gasteiger partial charge on any atom is -0.478 e. The predicted molar refractivity (Wildman–Crippen MR) is 70.5 cm³/mol. The second-order valence-corrected chi connectivity index (χ2v) is 4.29. The molecule has 0 unspecified atom stereocenters. The summed E-state index contributed by atoms with van der Waals surface area (Å²) in [6.45, 7) is 0.195. The second-order valence-electron chi connectivity index (χ2n) is 4.29. The van der Waals surface area contributed by atoms with Gasteiger partial charge in [-0.2, -0.15) is 5.10 Å². The maximum atomic E-state index is 13.6. The van der Waals surface area contributed by atoms with Crippen LogP contribution in [0.4, 0.5) is 15.8 Å². The van der Waals surface area contributed by atoms with Crippen molar-refractivity contribution < 1.29 is 19.2 Å². The van der Waals surface area contributed by atoms with Gasteiger partial charge in [-0.3, -0.25) is 14.8 Å². The van der Waals surface area contributed by atoms with Gasteiger partial charge >= 0.3 is 5.97 Å². The Morgan fingerprint density at radius 2 is 2.29 bits per heavy atom. The Balaban J connectivity index is 2.31. The van der Waals surface area contributed by atoms with Gasteiger partial charge in [-0.25, -0.2) is 9.18 Å².